The molecule has 0 atom stereocenters. The molecule has 0 aliphatic rings. The Morgan fingerprint density at radius 1 is 1.50 bits per heavy atom. The lowest BCUT2D eigenvalue weighted by atomic mass is 10.2. The van der Waals surface area contributed by atoms with Crippen LogP contribution < -0.4 is 0 Å². The Morgan fingerprint density at radius 3 is 2.70 bits per heavy atom. The van der Waals surface area contributed by atoms with E-state index in [4.69, 9.17) is 0 Å². The van der Waals surface area contributed by atoms with Gasteiger partial charge in [-0.2, -0.15) is 0 Å². The van der Waals surface area contributed by atoms with Gasteiger partial charge < -0.3 is 0 Å². The van der Waals surface area contributed by atoms with E-state index in [0.29, 0.717) is 10.0 Å². The van der Waals surface area contributed by atoms with Gasteiger partial charge in [0.05, 0.1) is 4.47 Å². The van der Waals surface area contributed by atoms with Gasteiger partial charge in [-0.15, -0.1) is 0 Å². The highest BCUT2D eigenvalue weighted by Gasteiger charge is 2.00. The molecule has 0 heterocycles. The third-order valence-electron chi connectivity index (χ3n) is 1.14. The maximum Gasteiger partial charge on any atom is 0.138 e. The highest BCUT2D eigenvalue weighted by molar-refractivity contribution is 9.10. The molecule has 0 amide bonds. The number of hydrogen-bond donors (Lipinski definition) is 0. The van der Waals surface area contributed by atoms with Gasteiger partial charge in [-0.25, -0.2) is 4.39 Å². The summed E-state index contributed by atoms with van der Waals surface area (Å²) < 4.78 is 13.1. The molecule has 1 radical (unpaired) electrons. The molecule has 10 heavy (non-hydrogen) atoms. The molecule has 0 saturated carbocycles. The van der Waals surface area contributed by atoms with Gasteiger partial charge in [0.15, 0.2) is 0 Å². The lowest BCUT2D eigenvalue weighted by molar-refractivity contribution is 0.620. The molecule has 2 heteroatoms. The van der Waals surface area contributed by atoms with Crippen LogP contribution in [0.15, 0.2) is 29.3 Å². The van der Waals surface area contributed by atoms with E-state index in [1.807, 2.05) is 0 Å². The van der Waals surface area contributed by atoms with Crippen LogP contribution in [0.1, 0.15) is 5.56 Å². The Hall–Kier alpha value is -0.630. The molecule has 0 unspecified atom stereocenters. The van der Waals surface area contributed by atoms with Crippen LogP contribution in [0.4, 0.5) is 4.39 Å². The van der Waals surface area contributed by atoms with Crippen molar-refractivity contribution in [1.29, 1.82) is 0 Å². The van der Waals surface area contributed by atoms with Crippen LogP contribution >= 0.6 is 15.9 Å². The quantitative estimate of drug-likeness (QED) is 0.653. The summed E-state index contributed by atoms with van der Waals surface area (Å²) in [6.07, 6.45) is 2.60. The molecule has 1 rings (SSSR count). The smallest absolute Gasteiger partial charge is 0.138 e. The highest BCUT2D eigenvalue weighted by Crippen LogP contribution is 2.19. The van der Waals surface area contributed by atoms with Gasteiger partial charge in [-0.1, -0.05) is 18.7 Å². The average molecular weight is 200 g/mol. The van der Waals surface area contributed by atoms with Crippen molar-refractivity contribution in [3.8, 4) is 0 Å². The first-order chi connectivity index (χ1) is 4.75. The van der Waals surface area contributed by atoms with E-state index >= 15 is 0 Å². The molecular weight excluding hydrogens is 195 g/mol. The van der Waals surface area contributed by atoms with E-state index in [0.717, 1.165) is 0 Å². The van der Waals surface area contributed by atoms with Crippen molar-refractivity contribution in [2.75, 3.05) is 0 Å². The molecule has 1 aromatic rings. The van der Waals surface area contributed by atoms with Gasteiger partial charge in [0.1, 0.15) is 5.82 Å². The Balaban J connectivity index is 3.27. The van der Waals surface area contributed by atoms with Crippen LogP contribution in [0, 0.1) is 11.9 Å². The van der Waals surface area contributed by atoms with Crippen molar-refractivity contribution >= 4 is 15.9 Å². The summed E-state index contributed by atoms with van der Waals surface area (Å²) in [5, 5.41) is 0. The summed E-state index contributed by atoms with van der Waals surface area (Å²) in [4.78, 5) is 0. The third kappa shape index (κ3) is 1.27. The van der Waals surface area contributed by atoms with Crippen LogP contribution in [0.25, 0.3) is 0 Å². The molecule has 51 valence electrons. The standard InChI is InChI=1S/C8H5BrF/c1-2-6-4-3-5-7(10)8(6)9/h3-5H,1H2. The zero-order valence-corrected chi connectivity index (χ0v) is 6.78. The van der Waals surface area contributed by atoms with Gasteiger partial charge in [0.25, 0.3) is 0 Å². The van der Waals surface area contributed by atoms with Crippen molar-refractivity contribution < 1.29 is 4.39 Å². The average Bonchev–Trinajstić information content (AvgIpc) is 1.95. The predicted molar refractivity (Wildman–Crippen MR) is 42.1 cm³/mol. The first-order valence-corrected chi connectivity index (χ1v) is 3.52. The molecule has 0 saturated heterocycles. The Bertz CT molecular complexity index is 255. The van der Waals surface area contributed by atoms with Gasteiger partial charge in [0, 0.05) is 0 Å². The van der Waals surface area contributed by atoms with Crippen molar-refractivity contribution in [2.45, 2.75) is 0 Å². The van der Waals surface area contributed by atoms with Gasteiger partial charge in [0.2, 0.25) is 0 Å². The van der Waals surface area contributed by atoms with Crippen molar-refractivity contribution in [1.82, 2.24) is 0 Å². The van der Waals surface area contributed by atoms with Crippen LogP contribution in [-0.4, -0.2) is 0 Å². The molecule has 0 aliphatic heterocycles. The topological polar surface area (TPSA) is 0 Å². The molecule has 0 fully saturated rings. The molecule has 1 aromatic carbocycles. The van der Waals surface area contributed by atoms with E-state index in [-0.39, 0.29) is 5.82 Å². The summed E-state index contributed by atoms with van der Waals surface area (Å²) in [5.74, 6) is -0.284. The maximum atomic E-state index is 12.7. The molecule has 0 aromatic heterocycles. The minimum Gasteiger partial charge on any atom is -0.206 e. The second-order valence-electron chi connectivity index (χ2n) is 1.78. The SMILES string of the molecule is C=[C]c1cccc(F)c1Br. The van der Waals surface area contributed by atoms with E-state index in [1.54, 1.807) is 12.1 Å². The van der Waals surface area contributed by atoms with Crippen LogP contribution in [0.3, 0.4) is 0 Å². The van der Waals surface area contributed by atoms with E-state index in [9.17, 15) is 4.39 Å². The summed E-state index contributed by atoms with van der Waals surface area (Å²) >= 11 is 3.06. The maximum absolute atomic E-state index is 12.7. The zero-order valence-electron chi connectivity index (χ0n) is 5.20. The summed E-state index contributed by atoms with van der Waals surface area (Å²) in [6, 6.07) is 4.73. The molecule has 0 spiro atoms. The van der Waals surface area contributed by atoms with E-state index in [1.165, 1.54) is 6.07 Å². The molecule has 0 N–H and O–H groups in total. The minimum absolute atomic E-state index is 0.284. The fourth-order valence-electron chi connectivity index (χ4n) is 0.640. The highest BCUT2D eigenvalue weighted by atomic mass is 79.9. The second kappa shape index (κ2) is 2.97. The van der Waals surface area contributed by atoms with Crippen molar-refractivity contribution in [2.24, 2.45) is 0 Å². The predicted octanol–water partition coefficient (Wildman–Crippen LogP) is 2.93. The molecule has 0 nitrogen and oxygen atoms in total. The first kappa shape index (κ1) is 7.48. The fourth-order valence-corrected chi connectivity index (χ4v) is 1.04. The monoisotopic (exact) mass is 199 g/mol. The van der Waals surface area contributed by atoms with Gasteiger partial charge >= 0.3 is 0 Å². The van der Waals surface area contributed by atoms with Gasteiger partial charge in [-0.05, 0) is 33.6 Å². The third-order valence-corrected chi connectivity index (χ3v) is 1.95. The Labute approximate surface area is 67.5 Å². The van der Waals surface area contributed by atoms with Crippen LogP contribution in [0.5, 0.6) is 0 Å². The summed E-state index contributed by atoms with van der Waals surface area (Å²) in [6.45, 7) is 3.41. The molecule has 0 aliphatic carbocycles. The summed E-state index contributed by atoms with van der Waals surface area (Å²) in [7, 11) is 0. The van der Waals surface area contributed by atoms with Gasteiger partial charge in [-0.3, -0.25) is 0 Å². The number of benzene rings is 1. The number of hydrogen-bond acceptors (Lipinski definition) is 0. The summed E-state index contributed by atoms with van der Waals surface area (Å²) in [5.41, 5.74) is 0.653. The number of halogens is 2. The zero-order chi connectivity index (χ0) is 7.56. The van der Waals surface area contributed by atoms with Crippen molar-refractivity contribution in [3.05, 3.63) is 46.7 Å². The van der Waals surface area contributed by atoms with Crippen LogP contribution in [-0.2, 0) is 0 Å². The van der Waals surface area contributed by atoms with Crippen LogP contribution in [0.2, 0.25) is 0 Å². The largest absolute Gasteiger partial charge is 0.206 e. The number of rotatable bonds is 1. The fraction of sp³-hybridized carbons (Fsp3) is 0. The Kier molecular flexibility index (Phi) is 2.22. The normalized spacial score (nSPS) is 9.40. The second-order valence-corrected chi connectivity index (χ2v) is 2.57. The lowest BCUT2D eigenvalue weighted by Crippen LogP contribution is -1.80. The van der Waals surface area contributed by atoms with E-state index < -0.39 is 0 Å². The Morgan fingerprint density at radius 2 is 2.20 bits per heavy atom. The van der Waals surface area contributed by atoms with Crippen molar-refractivity contribution in [3.63, 3.8) is 0 Å². The molecular formula is C8H5BrF. The molecule has 0 bridgehead atoms. The first-order valence-electron chi connectivity index (χ1n) is 2.73. The van der Waals surface area contributed by atoms with E-state index in [2.05, 4.69) is 28.6 Å². The minimum atomic E-state index is -0.284. The lowest BCUT2D eigenvalue weighted by Gasteiger charge is -1.96.